The van der Waals surface area contributed by atoms with Gasteiger partial charge in [-0.3, -0.25) is 10.2 Å². The zero-order chi connectivity index (χ0) is 24.5. The Kier molecular flexibility index (Phi) is 6.79. The second kappa shape index (κ2) is 9.47. The fraction of sp³-hybridized carbons (Fsp3) is 0.238. The van der Waals surface area contributed by atoms with Gasteiger partial charge in [0.15, 0.2) is 5.54 Å². The van der Waals surface area contributed by atoms with Crippen molar-refractivity contribution in [1.29, 1.82) is 0 Å². The first kappa shape index (κ1) is 24.4. The van der Waals surface area contributed by atoms with Crippen molar-refractivity contribution in [3.8, 4) is 0 Å². The quantitative estimate of drug-likeness (QED) is 0.405. The van der Waals surface area contributed by atoms with Gasteiger partial charge in [0.1, 0.15) is 5.71 Å². The molecule has 7 nitrogen and oxygen atoms in total. The number of hydrazone groups is 1. The molecule has 1 aliphatic heterocycles. The lowest BCUT2D eigenvalue weighted by molar-refractivity contribution is -0.196. The maximum atomic E-state index is 14.1. The Labute approximate surface area is 206 Å². The van der Waals surface area contributed by atoms with Crippen LogP contribution in [0.15, 0.2) is 57.2 Å². The second-order valence-corrected chi connectivity index (χ2v) is 9.29. The maximum absolute atomic E-state index is 14.1. The molecule has 0 fully saturated rings. The van der Waals surface area contributed by atoms with Crippen LogP contribution < -0.4 is 10.7 Å². The van der Waals surface area contributed by atoms with Gasteiger partial charge in [0.2, 0.25) is 5.91 Å². The Morgan fingerprint density at radius 2 is 1.94 bits per heavy atom. The monoisotopic (exact) mass is 529 g/mol. The number of carbonyl (C=O) groups is 1. The predicted octanol–water partition coefficient (Wildman–Crippen LogP) is 5.57. The van der Waals surface area contributed by atoms with Crippen LogP contribution in [-0.2, 0) is 10.3 Å². The molecule has 1 atom stereocenters. The minimum atomic E-state index is -4.74. The number of benzene rings is 2. The van der Waals surface area contributed by atoms with E-state index in [0.717, 1.165) is 17.3 Å². The van der Waals surface area contributed by atoms with Crippen LogP contribution in [0.2, 0.25) is 10.0 Å². The van der Waals surface area contributed by atoms with E-state index in [1.807, 2.05) is 25.1 Å². The van der Waals surface area contributed by atoms with E-state index < -0.39 is 18.1 Å². The van der Waals surface area contributed by atoms with Crippen molar-refractivity contribution in [2.24, 2.45) is 5.10 Å². The third kappa shape index (κ3) is 5.16. The molecule has 4 rings (SSSR count). The summed E-state index contributed by atoms with van der Waals surface area (Å²) in [5, 5.41) is 14.3. The first-order valence-corrected chi connectivity index (χ1v) is 11.5. The maximum Gasteiger partial charge on any atom is 0.417 e. The van der Waals surface area contributed by atoms with Gasteiger partial charge >= 0.3 is 6.18 Å². The summed E-state index contributed by atoms with van der Waals surface area (Å²) in [5.41, 5.74) is 0.962. The molecule has 1 amide bonds. The molecule has 0 saturated carbocycles. The number of aromatic nitrogens is 2. The van der Waals surface area contributed by atoms with Crippen molar-refractivity contribution in [2.75, 3.05) is 11.1 Å². The predicted molar refractivity (Wildman–Crippen MR) is 123 cm³/mol. The Bertz CT molecular complexity index is 1250. The smallest absolute Gasteiger partial charge is 0.410 e. The number of hydrogen-bond acceptors (Lipinski definition) is 7. The van der Waals surface area contributed by atoms with Crippen molar-refractivity contribution >= 4 is 52.3 Å². The normalized spacial score (nSPS) is 17.9. The standard InChI is InChI=1S/C21H16Cl2F3N5O2S/c1-11-3-2-4-15(5-11)27-17(32)10-34-19-30-29-18(33-19)16-9-20(31-28-16,21(24,25)26)12-6-13(22)8-14(23)7-12/h2-8,31H,9-10H2,1H3,(H,27,32). The third-order valence-corrected chi connectivity index (χ3v) is 6.19. The molecular formula is C21H16Cl2F3N5O2S. The number of anilines is 1. The molecule has 1 unspecified atom stereocenters. The summed E-state index contributed by atoms with van der Waals surface area (Å²) in [5.74, 6) is -0.522. The number of carbonyl (C=O) groups excluding carboxylic acids is 1. The summed E-state index contributed by atoms with van der Waals surface area (Å²) in [6, 6.07) is 11.0. The number of amides is 1. The zero-order valence-electron chi connectivity index (χ0n) is 17.4. The SMILES string of the molecule is Cc1cccc(NC(=O)CSc2nnc(C3=NNC(c4cc(Cl)cc(Cl)c4)(C(F)(F)F)C3)o2)c1. The Morgan fingerprint density at radius 3 is 2.62 bits per heavy atom. The number of hydrogen-bond donors (Lipinski definition) is 2. The van der Waals surface area contributed by atoms with E-state index in [-0.39, 0.29) is 44.1 Å². The number of nitrogens with zero attached hydrogens (tertiary/aromatic N) is 3. The van der Waals surface area contributed by atoms with Crippen molar-refractivity contribution in [1.82, 2.24) is 15.6 Å². The summed E-state index contributed by atoms with van der Waals surface area (Å²) in [7, 11) is 0. The summed E-state index contributed by atoms with van der Waals surface area (Å²) in [6.45, 7) is 1.90. The fourth-order valence-electron chi connectivity index (χ4n) is 3.34. The van der Waals surface area contributed by atoms with Gasteiger partial charge in [0.05, 0.1) is 5.75 Å². The summed E-state index contributed by atoms with van der Waals surface area (Å²) in [4.78, 5) is 12.2. The molecule has 0 spiro atoms. The summed E-state index contributed by atoms with van der Waals surface area (Å²) in [6.07, 6.45) is -5.36. The van der Waals surface area contributed by atoms with E-state index >= 15 is 0 Å². The minimum Gasteiger partial charge on any atom is -0.410 e. The Hall–Kier alpha value is -2.76. The molecule has 1 aliphatic rings. The van der Waals surface area contributed by atoms with E-state index in [2.05, 4.69) is 26.0 Å². The van der Waals surface area contributed by atoms with E-state index in [9.17, 15) is 18.0 Å². The lowest BCUT2D eigenvalue weighted by Gasteiger charge is -2.31. The van der Waals surface area contributed by atoms with Crippen LogP contribution in [0.1, 0.15) is 23.4 Å². The number of nitrogens with one attached hydrogen (secondary N) is 2. The van der Waals surface area contributed by atoms with Crippen molar-refractivity contribution < 1.29 is 22.4 Å². The lowest BCUT2D eigenvalue weighted by Crippen LogP contribution is -2.49. The molecule has 2 aromatic carbocycles. The number of thioether (sulfide) groups is 1. The van der Waals surface area contributed by atoms with Crippen LogP contribution in [0, 0.1) is 6.92 Å². The molecule has 0 saturated heterocycles. The molecule has 0 bridgehead atoms. The number of halogens is 5. The van der Waals surface area contributed by atoms with Crippen LogP contribution in [-0.4, -0.2) is 33.7 Å². The Morgan fingerprint density at radius 1 is 1.21 bits per heavy atom. The van der Waals surface area contributed by atoms with Gasteiger partial charge in [0, 0.05) is 22.2 Å². The average Bonchev–Trinajstić information content (AvgIpc) is 3.39. The van der Waals surface area contributed by atoms with E-state index in [4.69, 9.17) is 27.6 Å². The molecular weight excluding hydrogens is 514 g/mol. The van der Waals surface area contributed by atoms with Gasteiger partial charge in [-0.2, -0.15) is 18.3 Å². The van der Waals surface area contributed by atoms with Crippen LogP contribution in [0.4, 0.5) is 18.9 Å². The minimum absolute atomic E-state index is 0.0207. The highest BCUT2D eigenvalue weighted by molar-refractivity contribution is 7.99. The Balaban J connectivity index is 1.45. The summed E-state index contributed by atoms with van der Waals surface area (Å²) >= 11 is 12.8. The molecule has 0 aliphatic carbocycles. The van der Waals surface area contributed by atoms with E-state index in [1.165, 1.54) is 18.2 Å². The lowest BCUT2D eigenvalue weighted by atomic mass is 9.85. The first-order valence-electron chi connectivity index (χ1n) is 9.76. The topological polar surface area (TPSA) is 92.4 Å². The highest BCUT2D eigenvalue weighted by Gasteiger charge is 2.59. The molecule has 2 heterocycles. The van der Waals surface area contributed by atoms with Gasteiger partial charge in [-0.25, -0.2) is 0 Å². The van der Waals surface area contributed by atoms with Gasteiger partial charge in [-0.1, -0.05) is 47.1 Å². The first-order chi connectivity index (χ1) is 16.1. The second-order valence-electron chi connectivity index (χ2n) is 7.49. The van der Waals surface area contributed by atoms with Crippen molar-refractivity contribution in [3.63, 3.8) is 0 Å². The van der Waals surface area contributed by atoms with E-state index in [0.29, 0.717) is 5.69 Å². The molecule has 0 radical (unpaired) electrons. The molecule has 13 heteroatoms. The van der Waals surface area contributed by atoms with Crippen molar-refractivity contribution in [3.05, 3.63) is 69.5 Å². The van der Waals surface area contributed by atoms with Gasteiger partial charge in [0.25, 0.3) is 11.1 Å². The van der Waals surface area contributed by atoms with Crippen LogP contribution >= 0.6 is 35.0 Å². The van der Waals surface area contributed by atoms with Gasteiger partial charge in [-0.05, 0) is 48.4 Å². The number of aryl methyl sites for hydroxylation is 1. The van der Waals surface area contributed by atoms with E-state index in [1.54, 1.807) is 6.07 Å². The van der Waals surface area contributed by atoms with Crippen LogP contribution in [0.3, 0.4) is 0 Å². The van der Waals surface area contributed by atoms with Crippen molar-refractivity contribution in [2.45, 2.75) is 30.3 Å². The van der Waals surface area contributed by atoms with Gasteiger partial charge in [-0.15, -0.1) is 10.2 Å². The largest absolute Gasteiger partial charge is 0.417 e. The average molecular weight is 530 g/mol. The highest BCUT2D eigenvalue weighted by atomic mass is 35.5. The molecule has 178 valence electrons. The molecule has 1 aromatic heterocycles. The molecule has 3 aromatic rings. The molecule has 34 heavy (non-hydrogen) atoms. The van der Waals surface area contributed by atoms with Crippen LogP contribution in [0.5, 0.6) is 0 Å². The number of rotatable bonds is 6. The summed E-state index contributed by atoms with van der Waals surface area (Å²) < 4.78 is 47.9. The fourth-order valence-corrected chi connectivity index (χ4v) is 4.43. The highest BCUT2D eigenvalue weighted by Crippen LogP contribution is 2.46. The van der Waals surface area contributed by atoms with Crippen LogP contribution in [0.25, 0.3) is 0 Å². The zero-order valence-corrected chi connectivity index (χ0v) is 19.7. The van der Waals surface area contributed by atoms with Gasteiger partial charge < -0.3 is 9.73 Å². The number of alkyl halides is 3. The molecule has 2 N–H and O–H groups in total. The third-order valence-electron chi connectivity index (χ3n) is 4.94.